The maximum absolute atomic E-state index is 13.4. The Hall–Kier alpha value is -3.20. The number of carbonyl (C=O) groups is 2. The molecule has 4 rings (SSSR count). The maximum atomic E-state index is 13.4. The molecule has 1 aliphatic heterocycles. The number of carbonyl (C=O) groups excluding carboxylic acids is 2. The van der Waals surface area contributed by atoms with Crippen molar-refractivity contribution < 1.29 is 23.5 Å². The molecule has 2 fully saturated rings. The number of hydrogen-bond acceptors (Lipinski definition) is 6. The largest absolute Gasteiger partial charge is 0.474 e. The van der Waals surface area contributed by atoms with E-state index in [-0.39, 0.29) is 29.9 Å². The van der Waals surface area contributed by atoms with E-state index in [0.29, 0.717) is 35.8 Å². The molecule has 1 aliphatic carbocycles. The second-order valence-electron chi connectivity index (χ2n) is 9.95. The van der Waals surface area contributed by atoms with Crippen molar-refractivity contribution in [1.29, 1.82) is 0 Å². The Morgan fingerprint density at radius 1 is 1.09 bits per heavy atom. The van der Waals surface area contributed by atoms with E-state index >= 15 is 0 Å². The number of amides is 2. The van der Waals surface area contributed by atoms with Gasteiger partial charge in [-0.05, 0) is 63.6 Å². The highest BCUT2D eigenvalue weighted by molar-refractivity contribution is 5.86. The first kappa shape index (κ1) is 23.0. The SMILES string of the molecule is CC(C)(C)OC(=O)N1CC2C(C1)C2Oc1cc(C(C)(N)C(N)=O)cc(-c2ccc(F)cc2)n1. The van der Waals surface area contributed by atoms with Crippen LogP contribution < -0.4 is 16.2 Å². The second-order valence-corrected chi connectivity index (χ2v) is 9.95. The molecule has 4 N–H and O–H groups in total. The van der Waals surface area contributed by atoms with Crippen LogP contribution in [-0.4, -0.2) is 46.7 Å². The van der Waals surface area contributed by atoms with E-state index in [1.807, 2.05) is 20.8 Å². The van der Waals surface area contributed by atoms with Crippen molar-refractivity contribution in [2.45, 2.75) is 44.9 Å². The number of likely N-dealkylation sites (tertiary alicyclic amines) is 1. The molecule has 1 aromatic carbocycles. The van der Waals surface area contributed by atoms with Crippen LogP contribution >= 0.6 is 0 Å². The number of pyridine rings is 1. The molecular weight excluding hydrogens is 427 g/mol. The van der Waals surface area contributed by atoms with Crippen molar-refractivity contribution in [3.05, 3.63) is 47.8 Å². The van der Waals surface area contributed by atoms with E-state index in [4.69, 9.17) is 20.9 Å². The van der Waals surface area contributed by atoms with Crippen molar-refractivity contribution >= 4 is 12.0 Å². The van der Waals surface area contributed by atoms with Crippen LogP contribution in [0.15, 0.2) is 36.4 Å². The van der Waals surface area contributed by atoms with Crippen LogP contribution in [-0.2, 0) is 15.1 Å². The van der Waals surface area contributed by atoms with Gasteiger partial charge < -0.3 is 25.8 Å². The van der Waals surface area contributed by atoms with Crippen LogP contribution in [0.4, 0.5) is 9.18 Å². The third-order valence-electron chi connectivity index (χ3n) is 6.08. The van der Waals surface area contributed by atoms with Gasteiger partial charge in [0, 0.05) is 36.6 Å². The summed E-state index contributed by atoms with van der Waals surface area (Å²) in [6.07, 6.45) is -0.433. The monoisotopic (exact) mass is 456 g/mol. The zero-order chi connectivity index (χ0) is 24.1. The summed E-state index contributed by atoms with van der Waals surface area (Å²) in [6, 6.07) is 9.11. The lowest BCUT2D eigenvalue weighted by Crippen LogP contribution is -2.46. The highest BCUT2D eigenvalue weighted by atomic mass is 19.1. The molecule has 2 aromatic rings. The molecule has 2 aliphatic rings. The maximum Gasteiger partial charge on any atom is 0.410 e. The molecule has 0 radical (unpaired) electrons. The lowest BCUT2D eigenvalue weighted by molar-refractivity contribution is -0.122. The number of aromatic nitrogens is 1. The summed E-state index contributed by atoms with van der Waals surface area (Å²) in [5.74, 6) is -0.406. The third-order valence-corrected chi connectivity index (χ3v) is 6.08. The van der Waals surface area contributed by atoms with E-state index in [9.17, 15) is 14.0 Å². The zero-order valence-electron chi connectivity index (χ0n) is 19.2. The standard InChI is InChI=1S/C24H29FN4O4/c1-23(2,3)33-22(31)29-11-16-17(12-29)20(16)32-19-10-14(24(4,27)21(26)30)9-18(28-19)13-5-7-15(25)8-6-13/h5-10,16-17,20H,11-12,27H2,1-4H3,(H2,26,30). The number of benzene rings is 1. The van der Waals surface area contributed by atoms with Gasteiger partial charge >= 0.3 is 6.09 Å². The summed E-state index contributed by atoms with van der Waals surface area (Å²) in [7, 11) is 0. The van der Waals surface area contributed by atoms with Crippen molar-refractivity contribution in [1.82, 2.24) is 9.88 Å². The first-order valence-corrected chi connectivity index (χ1v) is 10.9. The number of piperidine rings is 1. The molecule has 8 nitrogen and oxygen atoms in total. The van der Waals surface area contributed by atoms with Gasteiger partial charge in [0.15, 0.2) is 0 Å². The average molecular weight is 457 g/mol. The zero-order valence-corrected chi connectivity index (χ0v) is 19.2. The Labute approximate surface area is 192 Å². The van der Waals surface area contributed by atoms with Gasteiger partial charge in [0.05, 0.1) is 5.69 Å². The normalized spacial score (nSPS) is 23.5. The topological polar surface area (TPSA) is 121 Å². The molecule has 176 valence electrons. The van der Waals surface area contributed by atoms with E-state index in [0.717, 1.165) is 0 Å². The van der Waals surface area contributed by atoms with E-state index in [1.54, 1.807) is 29.2 Å². The first-order valence-electron chi connectivity index (χ1n) is 10.9. The van der Waals surface area contributed by atoms with Crippen LogP contribution in [0.1, 0.15) is 33.3 Å². The van der Waals surface area contributed by atoms with Crippen LogP contribution in [0, 0.1) is 17.7 Å². The molecular formula is C24H29FN4O4. The quantitative estimate of drug-likeness (QED) is 0.714. The number of nitrogens with zero attached hydrogens (tertiary/aromatic N) is 2. The number of halogens is 1. The van der Waals surface area contributed by atoms with Gasteiger partial charge in [0.2, 0.25) is 11.8 Å². The minimum atomic E-state index is -1.44. The number of nitrogens with two attached hydrogens (primary N) is 2. The van der Waals surface area contributed by atoms with Crippen LogP contribution in [0.2, 0.25) is 0 Å². The van der Waals surface area contributed by atoms with E-state index in [2.05, 4.69) is 4.98 Å². The highest BCUT2D eigenvalue weighted by Crippen LogP contribution is 2.48. The molecule has 1 aromatic heterocycles. The Morgan fingerprint density at radius 2 is 1.70 bits per heavy atom. The fraction of sp³-hybridized carbons (Fsp3) is 0.458. The fourth-order valence-electron chi connectivity index (χ4n) is 4.04. The van der Waals surface area contributed by atoms with E-state index < -0.39 is 17.0 Å². The molecule has 0 bridgehead atoms. The average Bonchev–Trinajstić information content (AvgIpc) is 3.15. The molecule has 1 saturated carbocycles. The van der Waals surface area contributed by atoms with Crippen molar-refractivity contribution in [3.8, 4) is 17.1 Å². The van der Waals surface area contributed by atoms with Gasteiger partial charge in [-0.25, -0.2) is 14.2 Å². The summed E-state index contributed by atoms with van der Waals surface area (Å²) in [5.41, 5.74) is 11.3. The van der Waals surface area contributed by atoms with Crippen LogP contribution in [0.5, 0.6) is 5.88 Å². The summed E-state index contributed by atoms with van der Waals surface area (Å²) in [5, 5.41) is 0. The number of ether oxygens (including phenoxy) is 2. The van der Waals surface area contributed by atoms with Gasteiger partial charge in [0.25, 0.3) is 0 Å². The minimum absolute atomic E-state index is 0.106. The van der Waals surface area contributed by atoms with Crippen molar-refractivity contribution in [2.24, 2.45) is 23.3 Å². The van der Waals surface area contributed by atoms with Gasteiger partial charge in [0.1, 0.15) is 23.1 Å². The molecule has 33 heavy (non-hydrogen) atoms. The van der Waals surface area contributed by atoms with Crippen molar-refractivity contribution in [3.63, 3.8) is 0 Å². The fourth-order valence-corrected chi connectivity index (χ4v) is 4.04. The van der Waals surface area contributed by atoms with Gasteiger partial charge in [-0.2, -0.15) is 0 Å². The minimum Gasteiger partial charge on any atom is -0.474 e. The lowest BCUT2D eigenvalue weighted by atomic mass is 9.92. The van der Waals surface area contributed by atoms with Crippen molar-refractivity contribution in [2.75, 3.05) is 13.1 Å². The number of rotatable bonds is 5. The Balaban J connectivity index is 1.53. The molecule has 9 heteroatoms. The van der Waals surface area contributed by atoms with Crippen LogP contribution in [0.3, 0.4) is 0 Å². The Morgan fingerprint density at radius 3 is 2.24 bits per heavy atom. The predicted molar refractivity (Wildman–Crippen MR) is 120 cm³/mol. The summed E-state index contributed by atoms with van der Waals surface area (Å²) in [4.78, 5) is 30.5. The Bertz CT molecular complexity index is 1070. The molecule has 3 atom stereocenters. The number of primary amides is 1. The summed E-state index contributed by atoms with van der Waals surface area (Å²) >= 11 is 0. The predicted octanol–water partition coefficient (Wildman–Crippen LogP) is 2.79. The number of hydrogen-bond donors (Lipinski definition) is 2. The molecule has 2 amide bonds. The van der Waals surface area contributed by atoms with Crippen LogP contribution in [0.25, 0.3) is 11.3 Å². The summed E-state index contributed by atoms with van der Waals surface area (Å²) in [6.45, 7) is 8.12. The highest BCUT2D eigenvalue weighted by Gasteiger charge is 2.59. The molecule has 0 spiro atoms. The smallest absolute Gasteiger partial charge is 0.410 e. The third kappa shape index (κ3) is 4.78. The Kier molecular flexibility index (Phi) is 5.56. The molecule has 2 heterocycles. The molecule has 1 saturated heterocycles. The van der Waals surface area contributed by atoms with Gasteiger partial charge in [-0.15, -0.1) is 0 Å². The van der Waals surface area contributed by atoms with Gasteiger partial charge in [-0.3, -0.25) is 4.79 Å². The van der Waals surface area contributed by atoms with Gasteiger partial charge in [-0.1, -0.05) is 0 Å². The second kappa shape index (κ2) is 7.98. The first-order chi connectivity index (χ1) is 15.3. The number of fused-ring (bicyclic) bond motifs is 1. The van der Waals surface area contributed by atoms with E-state index in [1.165, 1.54) is 19.1 Å². The lowest BCUT2D eigenvalue weighted by Gasteiger charge is -2.26. The molecule has 3 unspecified atom stereocenters. The summed E-state index contributed by atoms with van der Waals surface area (Å²) < 4.78 is 25.0.